The van der Waals surface area contributed by atoms with Crippen LogP contribution < -0.4 is 0 Å². The summed E-state index contributed by atoms with van der Waals surface area (Å²) in [5.41, 5.74) is 0. The third-order valence-electron chi connectivity index (χ3n) is 2.66. The quantitative estimate of drug-likeness (QED) is 0.833. The van der Waals surface area contributed by atoms with Crippen molar-refractivity contribution in [3.63, 3.8) is 0 Å². The van der Waals surface area contributed by atoms with Crippen LogP contribution in [0.4, 0.5) is 0 Å². The van der Waals surface area contributed by atoms with Gasteiger partial charge in [0.2, 0.25) is 0 Å². The smallest absolute Gasteiger partial charge is 0.206 e. The predicted molar refractivity (Wildman–Crippen MR) is 66.2 cm³/mol. The number of aryl methyl sites for hydroxylation is 1. The van der Waals surface area contributed by atoms with Gasteiger partial charge in [0.1, 0.15) is 4.21 Å². The van der Waals surface area contributed by atoms with E-state index in [2.05, 4.69) is 0 Å². The number of hydrogen-bond donors (Lipinski definition) is 0. The summed E-state index contributed by atoms with van der Waals surface area (Å²) < 4.78 is 27.0. The van der Waals surface area contributed by atoms with Gasteiger partial charge in [0.25, 0.3) is 10.0 Å². The van der Waals surface area contributed by atoms with E-state index in [-0.39, 0.29) is 12.1 Å². The predicted octanol–water partition coefficient (Wildman–Crippen LogP) is 2.62. The van der Waals surface area contributed by atoms with E-state index >= 15 is 0 Å². The van der Waals surface area contributed by atoms with Crippen molar-refractivity contribution in [1.29, 1.82) is 0 Å². The molecular formula is C11H17NO2S2. The molecule has 0 unspecified atom stereocenters. The minimum absolute atomic E-state index is 0.0416. The Morgan fingerprint density at radius 3 is 2.38 bits per heavy atom. The number of thiophene rings is 1. The highest BCUT2D eigenvalue weighted by atomic mass is 32.2. The number of sulfonamides is 1. The van der Waals surface area contributed by atoms with Crippen LogP contribution in [0.1, 0.15) is 31.6 Å². The second-order valence-electron chi connectivity index (χ2n) is 4.52. The molecule has 5 heteroatoms. The second-order valence-corrected chi connectivity index (χ2v) is 7.88. The molecule has 0 saturated heterocycles. The van der Waals surface area contributed by atoms with Gasteiger partial charge in [-0.25, -0.2) is 8.42 Å². The molecule has 0 aliphatic heterocycles. The van der Waals surface area contributed by atoms with E-state index in [1.165, 1.54) is 11.3 Å². The molecule has 0 aromatic carbocycles. The van der Waals surface area contributed by atoms with Gasteiger partial charge in [0.15, 0.2) is 0 Å². The topological polar surface area (TPSA) is 37.4 Å². The lowest BCUT2D eigenvalue weighted by molar-refractivity contribution is 0.347. The summed E-state index contributed by atoms with van der Waals surface area (Å²) in [5, 5.41) is 0. The van der Waals surface area contributed by atoms with Gasteiger partial charge in [-0.2, -0.15) is 4.31 Å². The molecule has 3 nitrogen and oxygen atoms in total. The first kappa shape index (κ1) is 12.1. The van der Waals surface area contributed by atoms with Gasteiger partial charge in [-0.1, -0.05) is 0 Å². The maximum Gasteiger partial charge on any atom is 0.253 e. The molecule has 1 fully saturated rings. The van der Waals surface area contributed by atoms with Gasteiger partial charge in [0.05, 0.1) is 0 Å². The molecule has 1 heterocycles. The highest BCUT2D eigenvalue weighted by Crippen LogP contribution is 2.35. The zero-order chi connectivity index (χ0) is 11.9. The van der Waals surface area contributed by atoms with Gasteiger partial charge in [-0.05, 0) is 45.7 Å². The number of hydrogen-bond acceptors (Lipinski definition) is 3. The molecule has 0 atom stereocenters. The number of nitrogens with zero attached hydrogens (tertiary/aromatic N) is 1. The third-order valence-corrected chi connectivity index (χ3v) is 6.26. The Morgan fingerprint density at radius 2 is 2.00 bits per heavy atom. The van der Waals surface area contributed by atoms with E-state index < -0.39 is 10.0 Å². The van der Waals surface area contributed by atoms with Crippen LogP contribution in [0.25, 0.3) is 0 Å². The van der Waals surface area contributed by atoms with E-state index in [1.54, 1.807) is 10.4 Å². The van der Waals surface area contributed by atoms with E-state index in [1.807, 2.05) is 26.8 Å². The van der Waals surface area contributed by atoms with Crippen LogP contribution in [0.2, 0.25) is 0 Å². The Bertz CT molecular complexity index is 470. The van der Waals surface area contributed by atoms with Crippen LogP contribution >= 0.6 is 11.3 Å². The van der Waals surface area contributed by atoms with Crippen molar-refractivity contribution in [2.24, 2.45) is 0 Å². The molecule has 0 radical (unpaired) electrons. The molecule has 0 bridgehead atoms. The van der Waals surface area contributed by atoms with E-state index in [9.17, 15) is 8.42 Å². The van der Waals surface area contributed by atoms with E-state index in [0.717, 1.165) is 17.7 Å². The first-order valence-corrected chi connectivity index (χ1v) is 7.78. The highest BCUT2D eigenvalue weighted by Gasteiger charge is 2.40. The van der Waals surface area contributed by atoms with Crippen molar-refractivity contribution in [3.05, 3.63) is 17.0 Å². The summed E-state index contributed by atoms with van der Waals surface area (Å²) >= 11 is 1.36. The molecule has 1 aromatic heterocycles. The summed E-state index contributed by atoms with van der Waals surface area (Å²) in [6.45, 7) is 5.81. The number of rotatable bonds is 4. The molecule has 1 aliphatic rings. The van der Waals surface area contributed by atoms with Crippen molar-refractivity contribution >= 4 is 21.4 Å². The van der Waals surface area contributed by atoms with E-state index in [0.29, 0.717) is 4.21 Å². The van der Waals surface area contributed by atoms with Crippen LogP contribution in [0.5, 0.6) is 0 Å². The van der Waals surface area contributed by atoms with Crippen molar-refractivity contribution in [2.45, 2.75) is 49.9 Å². The average molecular weight is 259 g/mol. The van der Waals surface area contributed by atoms with Gasteiger partial charge in [0, 0.05) is 17.0 Å². The van der Waals surface area contributed by atoms with Crippen molar-refractivity contribution in [2.75, 3.05) is 0 Å². The lowest BCUT2D eigenvalue weighted by Crippen LogP contribution is -2.38. The molecule has 1 aliphatic carbocycles. The highest BCUT2D eigenvalue weighted by molar-refractivity contribution is 7.91. The van der Waals surface area contributed by atoms with Crippen molar-refractivity contribution in [1.82, 2.24) is 4.31 Å². The molecule has 0 amide bonds. The Balaban J connectivity index is 2.36. The van der Waals surface area contributed by atoms with Crippen LogP contribution in [0, 0.1) is 6.92 Å². The van der Waals surface area contributed by atoms with Crippen LogP contribution in [0.3, 0.4) is 0 Å². The normalized spacial score (nSPS) is 17.3. The summed E-state index contributed by atoms with van der Waals surface area (Å²) in [4.78, 5) is 1.04. The monoisotopic (exact) mass is 259 g/mol. The Hall–Kier alpha value is -0.390. The molecule has 90 valence electrons. The standard InChI is InChI=1S/C11H17NO2S2/c1-8(2)12(10-5-6-10)16(13,14)11-7-4-9(3)15-11/h4,7-8,10H,5-6H2,1-3H3. The Labute approximate surface area is 101 Å². The fourth-order valence-electron chi connectivity index (χ4n) is 1.88. The SMILES string of the molecule is Cc1ccc(S(=O)(=O)N(C(C)C)C2CC2)s1. The largest absolute Gasteiger partial charge is 0.253 e. The van der Waals surface area contributed by atoms with Gasteiger partial charge >= 0.3 is 0 Å². The van der Waals surface area contributed by atoms with Crippen LogP contribution in [-0.2, 0) is 10.0 Å². The zero-order valence-electron chi connectivity index (χ0n) is 9.80. The molecular weight excluding hydrogens is 242 g/mol. The first-order valence-electron chi connectivity index (χ1n) is 5.53. The van der Waals surface area contributed by atoms with Gasteiger partial charge < -0.3 is 0 Å². The van der Waals surface area contributed by atoms with Crippen molar-refractivity contribution < 1.29 is 8.42 Å². The first-order chi connectivity index (χ1) is 7.43. The molecule has 1 aromatic rings. The molecule has 1 saturated carbocycles. The Kier molecular flexibility index (Phi) is 3.11. The summed E-state index contributed by atoms with van der Waals surface area (Å²) in [7, 11) is -3.26. The fraction of sp³-hybridized carbons (Fsp3) is 0.636. The zero-order valence-corrected chi connectivity index (χ0v) is 11.4. The lowest BCUT2D eigenvalue weighted by atomic mass is 10.4. The maximum atomic E-state index is 12.4. The maximum absolute atomic E-state index is 12.4. The lowest BCUT2D eigenvalue weighted by Gasteiger charge is -2.24. The Morgan fingerprint density at radius 1 is 1.38 bits per heavy atom. The van der Waals surface area contributed by atoms with Gasteiger partial charge in [-0.15, -0.1) is 11.3 Å². The van der Waals surface area contributed by atoms with Crippen LogP contribution in [-0.4, -0.2) is 24.8 Å². The molecule has 16 heavy (non-hydrogen) atoms. The average Bonchev–Trinajstić information content (AvgIpc) is 2.86. The molecule has 0 N–H and O–H groups in total. The minimum Gasteiger partial charge on any atom is -0.206 e. The van der Waals surface area contributed by atoms with Crippen LogP contribution in [0.15, 0.2) is 16.3 Å². The summed E-state index contributed by atoms with van der Waals surface area (Å²) in [6.07, 6.45) is 2.00. The summed E-state index contributed by atoms with van der Waals surface area (Å²) in [6, 6.07) is 3.85. The van der Waals surface area contributed by atoms with E-state index in [4.69, 9.17) is 0 Å². The van der Waals surface area contributed by atoms with Gasteiger partial charge in [-0.3, -0.25) is 0 Å². The molecule has 2 rings (SSSR count). The minimum atomic E-state index is -3.26. The van der Waals surface area contributed by atoms with Crippen molar-refractivity contribution in [3.8, 4) is 0 Å². The third kappa shape index (κ3) is 2.17. The fourth-order valence-corrected chi connectivity index (χ4v) is 5.15. The molecule has 0 spiro atoms. The second kappa shape index (κ2) is 4.13. The summed E-state index contributed by atoms with van der Waals surface area (Å²) in [5.74, 6) is 0.